The molecule has 1 aliphatic rings. The molecule has 1 aliphatic heterocycles. The molecule has 3 aromatic carbocycles. The van der Waals surface area contributed by atoms with Crippen molar-refractivity contribution in [3.8, 4) is 0 Å². The van der Waals surface area contributed by atoms with E-state index in [0.717, 1.165) is 11.6 Å². The molecule has 1 saturated heterocycles. The largest absolute Gasteiger partial charge is 0.507 e. The highest BCUT2D eigenvalue weighted by molar-refractivity contribution is 6.51. The van der Waals surface area contributed by atoms with E-state index in [0.29, 0.717) is 16.3 Å². The monoisotopic (exact) mass is 448 g/mol. The van der Waals surface area contributed by atoms with Crippen LogP contribution in [0.4, 0.5) is 11.4 Å². The Bertz CT molecular complexity index is 1300. The van der Waals surface area contributed by atoms with Gasteiger partial charge in [0, 0.05) is 28.4 Å². The third-order valence-electron chi connectivity index (χ3n) is 5.22. The number of halogens is 1. The lowest BCUT2D eigenvalue weighted by molar-refractivity contribution is -0.384. The van der Waals surface area contributed by atoms with E-state index in [1.807, 2.05) is 19.1 Å². The highest BCUT2D eigenvalue weighted by atomic mass is 35.5. The summed E-state index contributed by atoms with van der Waals surface area (Å²) in [7, 11) is 0. The molecule has 3 aromatic rings. The first-order valence-corrected chi connectivity index (χ1v) is 10.0. The number of nitrogens with zero attached hydrogens (tertiary/aromatic N) is 2. The van der Waals surface area contributed by atoms with Crippen LogP contribution in [-0.4, -0.2) is 21.7 Å². The van der Waals surface area contributed by atoms with Gasteiger partial charge in [0.25, 0.3) is 17.4 Å². The molecule has 4 rings (SSSR count). The Kier molecular flexibility index (Phi) is 5.50. The van der Waals surface area contributed by atoms with Gasteiger partial charge in [-0.3, -0.25) is 24.6 Å². The van der Waals surface area contributed by atoms with Crippen LogP contribution >= 0.6 is 11.6 Å². The maximum absolute atomic E-state index is 13.1. The number of anilines is 1. The molecule has 1 unspecified atom stereocenters. The second kappa shape index (κ2) is 8.28. The Morgan fingerprint density at radius 2 is 1.75 bits per heavy atom. The van der Waals surface area contributed by atoms with Gasteiger partial charge >= 0.3 is 0 Å². The molecule has 0 saturated carbocycles. The molecule has 0 spiro atoms. The highest BCUT2D eigenvalue weighted by Gasteiger charge is 2.47. The van der Waals surface area contributed by atoms with Crippen LogP contribution in [0, 0.1) is 17.0 Å². The molecule has 0 bridgehead atoms. The topological polar surface area (TPSA) is 101 Å². The SMILES string of the molecule is Cc1cccc(C2/C(=C(/O)c3cccc([N+](=O)[O-])c3)C(=O)C(=O)N2c2cccc(Cl)c2)c1. The van der Waals surface area contributed by atoms with Crippen LogP contribution in [0.25, 0.3) is 5.76 Å². The number of carbonyl (C=O) groups excluding carboxylic acids is 2. The minimum Gasteiger partial charge on any atom is -0.507 e. The number of nitro benzene ring substituents is 1. The van der Waals surface area contributed by atoms with Crippen molar-refractivity contribution in [3.05, 3.63) is 110 Å². The standard InChI is InChI=1S/C24H17ClN2O5/c1-14-5-2-6-15(11-14)21-20(22(28)16-7-3-10-19(12-16)27(31)32)23(29)24(30)26(21)18-9-4-8-17(25)13-18/h2-13,21,28H,1H3/b22-20-. The lowest BCUT2D eigenvalue weighted by Gasteiger charge is -2.25. The van der Waals surface area contributed by atoms with E-state index < -0.39 is 28.4 Å². The van der Waals surface area contributed by atoms with Crippen LogP contribution in [0.2, 0.25) is 5.02 Å². The van der Waals surface area contributed by atoms with Crippen LogP contribution in [0.15, 0.2) is 78.4 Å². The fraction of sp³-hybridized carbons (Fsp3) is 0.0833. The Hall–Kier alpha value is -3.97. The van der Waals surface area contributed by atoms with Crippen LogP contribution in [0.5, 0.6) is 0 Å². The van der Waals surface area contributed by atoms with Crippen molar-refractivity contribution in [1.82, 2.24) is 0 Å². The first kappa shape index (κ1) is 21.3. The summed E-state index contributed by atoms with van der Waals surface area (Å²) in [4.78, 5) is 38.0. The fourth-order valence-electron chi connectivity index (χ4n) is 3.80. The summed E-state index contributed by atoms with van der Waals surface area (Å²) in [5.74, 6) is -2.20. The Morgan fingerprint density at radius 1 is 1.03 bits per heavy atom. The molecule has 1 fully saturated rings. The van der Waals surface area contributed by atoms with Crippen molar-refractivity contribution < 1.29 is 19.6 Å². The van der Waals surface area contributed by atoms with Crippen LogP contribution in [-0.2, 0) is 9.59 Å². The molecule has 32 heavy (non-hydrogen) atoms. The number of carbonyl (C=O) groups is 2. The summed E-state index contributed by atoms with van der Waals surface area (Å²) in [5.41, 5.74) is 1.57. The van der Waals surface area contributed by atoms with Gasteiger partial charge < -0.3 is 5.11 Å². The fourth-order valence-corrected chi connectivity index (χ4v) is 3.99. The van der Waals surface area contributed by atoms with Gasteiger partial charge in [0.1, 0.15) is 5.76 Å². The zero-order valence-corrected chi connectivity index (χ0v) is 17.6. The average Bonchev–Trinajstić information content (AvgIpc) is 3.04. The molecule has 1 N–H and O–H groups in total. The molecule has 160 valence electrons. The number of rotatable bonds is 4. The molecule has 8 heteroatoms. The van der Waals surface area contributed by atoms with Gasteiger partial charge in [-0.2, -0.15) is 0 Å². The minimum atomic E-state index is -0.937. The van der Waals surface area contributed by atoms with E-state index in [1.54, 1.807) is 36.4 Å². The number of ketones is 1. The molecular formula is C24H17ClN2O5. The van der Waals surface area contributed by atoms with Crippen molar-refractivity contribution >= 4 is 40.4 Å². The van der Waals surface area contributed by atoms with Gasteiger partial charge in [-0.25, -0.2) is 0 Å². The molecule has 0 radical (unpaired) electrons. The maximum atomic E-state index is 13.1. The van der Waals surface area contributed by atoms with Gasteiger partial charge in [0.2, 0.25) is 0 Å². The Morgan fingerprint density at radius 3 is 2.44 bits per heavy atom. The van der Waals surface area contributed by atoms with Crippen molar-refractivity contribution in [2.24, 2.45) is 0 Å². The highest BCUT2D eigenvalue weighted by Crippen LogP contribution is 2.42. The third kappa shape index (κ3) is 3.74. The van der Waals surface area contributed by atoms with E-state index in [2.05, 4.69) is 0 Å². The summed E-state index contributed by atoms with van der Waals surface area (Å²) in [5, 5.41) is 22.6. The number of benzene rings is 3. The van der Waals surface area contributed by atoms with Crippen LogP contribution < -0.4 is 4.90 Å². The van der Waals surface area contributed by atoms with Crippen LogP contribution in [0.1, 0.15) is 22.7 Å². The second-order valence-corrected chi connectivity index (χ2v) is 7.81. The molecule has 0 aliphatic carbocycles. The molecule has 1 atom stereocenters. The number of Topliss-reactive ketones (excluding diaryl/α,β-unsaturated/α-hetero) is 1. The van der Waals surface area contributed by atoms with E-state index >= 15 is 0 Å². The van der Waals surface area contributed by atoms with Gasteiger partial charge in [-0.15, -0.1) is 0 Å². The summed E-state index contributed by atoms with van der Waals surface area (Å²) in [6.45, 7) is 1.87. The quantitative estimate of drug-likeness (QED) is 0.195. The number of non-ortho nitro benzene ring substituents is 1. The summed E-state index contributed by atoms with van der Waals surface area (Å²) in [6.07, 6.45) is 0. The lowest BCUT2D eigenvalue weighted by atomic mass is 9.94. The predicted molar refractivity (Wildman–Crippen MR) is 121 cm³/mol. The van der Waals surface area contributed by atoms with E-state index in [1.165, 1.54) is 23.1 Å². The predicted octanol–water partition coefficient (Wildman–Crippen LogP) is 5.18. The normalized spacial score (nSPS) is 17.6. The summed E-state index contributed by atoms with van der Waals surface area (Å²) in [6, 6.07) is 18.1. The second-order valence-electron chi connectivity index (χ2n) is 7.37. The number of hydrogen-bond acceptors (Lipinski definition) is 5. The van der Waals surface area contributed by atoms with E-state index in [9.17, 15) is 24.8 Å². The number of hydrogen-bond donors (Lipinski definition) is 1. The van der Waals surface area contributed by atoms with Gasteiger partial charge in [-0.05, 0) is 30.7 Å². The molecule has 7 nitrogen and oxygen atoms in total. The van der Waals surface area contributed by atoms with E-state index in [4.69, 9.17) is 11.6 Å². The summed E-state index contributed by atoms with van der Waals surface area (Å²) >= 11 is 6.12. The van der Waals surface area contributed by atoms with Crippen molar-refractivity contribution in [1.29, 1.82) is 0 Å². The lowest BCUT2D eigenvalue weighted by Crippen LogP contribution is -2.29. The van der Waals surface area contributed by atoms with Gasteiger partial charge in [-0.1, -0.05) is 59.6 Å². The van der Waals surface area contributed by atoms with Crippen molar-refractivity contribution in [2.75, 3.05) is 4.90 Å². The average molecular weight is 449 g/mol. The van der Waals surface area contributed by atoms with Crippen LogP contribution in [0.3, 0.4) is 0 Å². The molecule has 1 heterocycles. The third-order valence-corrected chi connectivity index (χ3v) is 5.45. The minimum absolute atomic E-state index is 0.0703. The van der Waals surface area contributed by atoms with Gasteiger partial charge in [0.05, 0.1) is 16.5 Å². The zero-order chi connectivity index (χ0) is 23.0. The Balaban J connectivity index is 1.97. The molecular weight excluding hydrogens is 432 g/mol. The number of aliphatic hydroxyl groups is 1. The molecule has 1 amide bonds. The Labute approximate surface area is 188 Å². The van der Waals surface area contributed by atoms with Gasteiger partial charge in [0.15, 0.2) is 0 Å². The number of amides is 1. The number of nitro groups is 1. The van der Waals surface area contributed by atoms with Crippen molar-refractivity contribution in [3.63, 3.8) is 0 Å². The first-order chi connectivity index (χ1) is 15.3. The van der Waals surface area contributed by atoms with Crippen molar-refractivity contribution in [2.45, 2.75) is 13.0 Å². The van der Waals surface area contributed by atoms with E-state index in [-0.39, 0.29) is 16.8 Å². The number of aryl methyl sites for hydroxylation is 1. The number of aliphatic hydroxyl groups excluding tert-OH is 1. The first-order valence-electron chi connectivity index (χ1n) is 9.66. The maximum Gasteiger partial charge on any atom is 0.300 e. The zero-order valence-electron chi connectivity index (χ0n) is 16.9. The smallest absolute Gasteiger partial charge is 0.300 e. The molecule has 0 aromatic heterocycles. The summed E-state index contributed by atoms with van der Waals surface area (Å²) < 4.78 is 0.